The van der Waals surface area contributed by atoms with Gasteiger partial charge in [-0.2, -0.15) is 0 Å². The molecule has 4 heteroatoms. The summed E-state index contributed by atoms with van der Waals surface area (Å²) in [7, 11) is 1.85. The molecule has 0 aromatic heterocycles. The minimum Gasteiger partial charge on any atom is -0.356 e. The molecule has 2 aromatic carbocycles. The fraction of sp³-hybridized carbons (Fsp3) is 0.435. The number of guanidine groups is 1. The van der Waals surface area contributed by atoms with Crippen LogP contribution in [0.1, 0.15) is 30.4 Å². The lowest BCUT2D eigenvalue weighted by atomic mass is 9.91. The highest BCUT2D eigenvalue weighted by molar-refractivity contribution is 5.79. The van der Waals surface area contributed by atoms with E-state index in [1.54, 1.807) is 0 Å². The molecule has 0 aliphatic carbocycles. The highest BCUT2D eigenvalue weighted by Crippen LogP contribution is 2.23. The molecule has 4 nitrogen and oxygen atoms in total. The molecule has 1 aliphatic rings. The maximum atomic E-state index is 4.43. The summed E-state index contributed by atoms with van der Waals surface area (Å²) < 4.78 is 0. The quantitative estimate of drug-likeness (QED) is 0.585. The van der Waals surface area contributed by atoms with Gasteiger partial charge in [0.2, 0.25) is 0 Å². The Morgan fingerprint density at radius 2 is 1.67 bits per heavy atom. The number of rotatable bonds is 7. The second kappa shape index (κ2) is 10.1. The first-order valence-corrected chi connectivity index (χ1v) is 10.1. The maximum absolute atomic E-state index is 4.43. The summed E-state index contributed by atoms with van der Waals surface area (Å²) >= 11 is 0. The van der Waals surface area contributed by atoms with E-state index in [0.717, 1.165) is 25.6 Å². The zero-order chi connectivity index (χ0) is 18.9. The molecule has 0 radical (unpaired) electrons. The SMILES string of the molecule is CCN1CCC(CNC(=NC)NCC(c2ccccc2)c2ccccc2)C1. The van der Waals surface area contributed by atoms with E-state index in [9.17, 15) is 0 Å². The molecule has 2 aromatic rings. The Morgan fingerprint density at radius 1 is 1.04 bits per heavy atom. The van der Waals surface area contributed by atoms with E-state index in [2.05, 4.69) is 88.1 Å². The van der Waals surface area contributed by atoms with E-state index in [-0.39, 0.29) is 0 Å². The van der Waals surface area contributed by atoms with E-state index in [4.69, 9.17) is 0 Å². The number of likely N-dealkylation sites (tertiary alicyclic amines) is 1. The van der Waals surface area contributed by atoms with Crippen LogP contribution in [0.15, 0.2) is 65.7 Å². The van der Waals surface area contributed by atoms with Gasteiger partial charge in [0.1, 0.15) is 0 Å². The maximum Gasteiger partial charge on any atom is 0.191 e. The molecule has 1 heterocycles. The lowest BCUT2D eigenvalue weighted by Crippen LogP contribution is -2.42. The predicted molar refractivity (Wildman–Crippen MR) is 114 cm³/mol. The van der Waals surface area contributed by atoms with Crippen molar-refractivity contribution in [3.8, 4) is 0 Å². The average molecular weight is 365 g/mol. The second-order valence-corrected chi connectivity index (χ2v) is 7.26. The Labute approximate surface area is 163 Å². The number of hydrogen-bond donors (Lipinski definition) is 2. The highest BCUT2D eigenvalue weighted by Gasteiger charge is 2.21. The number of aliphatic imine (C=N–C) groups is 1. The van der Waals surface area contributed by atoms with Crippen molar-refractivity contribution in [1.82, 2.24) is 15.5 Å². The van der Waals surface area contributed by atoms with Crippen LogP contribution in [0.25, 0.3) is 0 Å². The summed E-state index contributed by atoms with van der Waals surface area (Å²) in [6.45, 7) is 7.61. The zero-order valence-electron chi connectivity index (χ0n) is 16.6. The second-order valence-electron chi connectivity index (χ2n) is 7.26. The van der Waals surface area contributed by atoms with Gasteiger partial charge in [-0.25, -0.2) is 0 Å². The van der Waals surface area contributed by atoms with Crippen molar-refractivity contribution in [3.63, 3.8) is 0 Å². The van der Waals surface area contributed by atoms with Gasteiger partial charge < -0.3 is 15.5 Å². The number of nitrogens with one attached hydrogen (secondary N) is 2. The third-order valence-electron chi connectivity index (χ3n) is 5.48. The summed E-state index contributed by atoms with van der Waals surface area (Å²) in [6, 6.07) is 21.4. The first-order chi connectivity index (χ1) is 13.3. The summed E-state index contributed by atoms with van der Waals surface area (Å²) in [6.07, 6.45) is 1.27. The van der Waals surface area contributed by atoms with Crippen LogP contribution in [-0.2, 0) is 0 Å². The Bertz CT molecular complexity index is 659. The molecule has 1 atom stereocenters. The summed E-state index contributed by atoms with van der Waals surface area (Å²) in [5.74, 6) is 1.90. The van der Waals surface area contributed by atoms with Crippen LogP contribution in [0.4, 0.5) is 0 Å². The van der Waals surface area contributed by atoms with Gasteiger partial charge in [0, 0.05) is 32.6 Å². The van der Waals surface area contributed by atoms with Crippen LogP contribution in [0, 0.1) is 5.92 Å². The lowest BCUT2D eigenvalue weighted by Gasteiger charge is -2.21. The number of hydrogen-bond acceptors (Lipinski definition) is 2. The summed E-state index contributed by atoms with van der Waals surface area (Å²) in [5, 5.41) is 7.07. The minimum atomic E-state index is 0.299. The van der Waals surface area contributed by atoms with Gasteiger partial charge in [0.05, 0.1) is 0 Å². The van der Waals surface area contributed by atoms with Crippen LogP contribution in [0.5, 0.6) is 0 Å². The summed E-state index contributed by atoms with van der Waals surface area (Å²) in [5.41, 5.74) is 2.64. The van der Waals surface area contributed by atoms with Crippen LogP contribution < -0.4 is 10.6 Å². The standard InChI is InChI=1S/C23H32N4/c1-3-27-15-14-19(18-27)16-25-23(24-2)26-17-22(20-10-6-4-7-11-20)21-12-8-5-9-13-21/h4-13,19,22H,3,14-18H2,1-2H3,(H2,24,25,26). The van der Waals surface area contributed by atoms with E-state index >= 15 is 0 Å². The lowest BCUT2D eigenvalue weighted by molar-refractivity contribution is 0.342. The Kier molecular flexibility index (Phi) is 7.28. The monoisotopic (exact) mass is 364 g/mol. The van der Waals surface area contributed by atoms with Gasteiger partial charge in [-0.3, -0.25) is 4.99 Å². The molecule has 0 amide bonds. The molecule has 1 unspecified atom stereocenters. The molecule has 2 N–H and O–H groups in total. The minimum absolute atomic E-state index is 0.299. The molecular weight excluding hydrogens is 332 g/mol. The number of nitrogens with zero attached hydrogens (tertiary/aromatic N) is 2. The van der Waals surface area contributed by atoms with Crippen molar-refractivity contribution in [3.05, 3.63) is 71.8 Å². The molecule has 144 valence electrons. The van der Waals surface area contributed by atoms with Crippen LogP contribution >= 0.6 is 0 Å². The van der Waals surface area contributed by atoms with E-state index < -0.39 is 0 Å². The van der Waals surface area contributed by atoms with Gasteiger partial charge in [-0.05, 0) is 36.6 Å². The fourth-order valence-electron chi connectivity index (χ4n) is 3.83. The molecule has 0 spiro atoms. The van der Waals surface area contributed by atoms with Crippen molar-refractivity contribution in [2.45, 2.75) is 19.3 Å². The topological polar surface area (TPSA) is 39.7 Å². The van der Waals surface area contributed by atoms with Gasteiger partial charge >= 0.3 is 0 Å². The van der Waals surface area contributed by atoms with E-state index in [0.29, 0.717) is 11.8 Å². The zero-order valence-corrected chi connectivity index (χ0v) is 16.6. The normalized spacial score (nSPS) is 18.0. The molecule has 27 heavy (non-hydrogen) atoms. The third-order valence-corrected chi connectivity index (χ3v) is 5.48. The van der Waals surface area contributed by atoms with E-state index in [1.165, 1.54) is 30.6 Å². The van der Waals surface area contributed by atoms with Crippen molar-refractivity contribution in [1.29, 1.82) is 0 Å². The van der Waals surface area contributed by atoms with Gasteiger partial charge in [0.15, 0.2) is 5.96 Å². The average Bonchev–Trinajstić information content (AvgIpc) is 3.20. The Morgan fingerprint density at radius 3 is 2.19 bits per heavy atom. The van der Waals surface area contributed by atoms with Crippen molar-refractivity contribution >= 4 is 5.96 Å². The number of benzene rings is 2. The molecule has 1 aliphatic heterocycles. The summed E-state index contributed by atoms with van der Waals surface area (Å²) in [4.78, 5) is 6.95. The molecule has 3 rings (SSSR count). The van der Waals surface area contributed by atoms with E-state index in [1.807, 2.05) is 7.05 Å². The van der Waals surface area contributed by atoms with Crippen LogP contribution in [0.3, 0.4) is 0 Å². The molecule has 1 saturated heterocycles. The van der Waals surface area contributed by atoms with Crippen molar-refractivity contribution in [2.24, 2.45) is 10.9 Å². The largest absolute Gasteiger partial charge is 0.356 e. The fourth-order valence-corrected chi connectivity index (χ4v) is 3.83. The first-order valence-electron chi connectivity index (χ1n) is 10.1. The predicted octanol–water partition coefficient (Wildman–Crippen LogP) is 3.33. The highest BCUT2D eigenvalue weighted by atomic mass is 15.2. The van der Waals surface area contributed by atoms with Gasteiger partial charge in [-0.1, -0.05) is 67.6 Å². The first kappa shape index (κ1) is 19.4. The van der Waals surface area contributed by atoms with Crippen LogP contribution in [-0.4, -0.2) is 50.6 Å². The third kappa shape index (κ3) is 5.57. The van der Waals surface area contributed by atoms with Crippen molar-refractivity contribution in [2.75, 3.05) is 39.8 Å². The molecule has 1 fully saturated rings. The van der Waals surface area contributed by atoms with Crippen LogP contribution in [0.2, 0.25) is 0 Å². The molecule has 0 saturated carbocycles. The Balaban J connectivity index is 1.59. The van der Waals surface area contributed by atoms with Crippen molar-refractivity contribution < 1.29 is 0 Å². The molecule has 0 bridgehead atoms. The Hall–Kier alpha value is -2.33. The smallest absolute Gasteiger partial charge is 0.191 e. The molecular formula is C23H32N4. The van der Waals surface area contributed by atoms with Gasteiger partial charge in [-0.15, -0.1) is 0 Å². The van der Waals surface area contributed by atoms with Gasteiger partial charge in [0.25, 0.3) is 0 Å².